The first-order valence-electron chi connectivity index (χ1n) is 4.87. The predicted octanol–water partition coefficient (Wildman–Crippen LogP) is 3.43. The molecule has 1 aliphatic rings. The summed E-state index contributed by atoms with van der Waals surface area (Å²) >= 11 is 0. The van der Waals surface area contributed by atoms with E-state index < -0.39 is 0 Å². The van der Waals surface area contributed by atoms with Gasteiger partial charge in [0.15, 0.2) is 0 Å². The maximum atomic E-state index is 2.34. The monoisotopic (exact) mass is 160 g/mol. The zero-order valence-corrected chi connectivity index (χ0v) is 7.93. The van der Waals surface area contributed by atoms with E-state index in [-0.39, 0.29) is 0 Å². The van der Waals surface area contributed by atoms with Gasteiger partial charge in [0, 0.05) is 0 Å². The molecule has 0 bridgehead atoms. The zero-order valence-electron chi connectivity index (χ0n) is 7.93. The Morgan fingerprint density at radius 3 is 2.92 bits per heavy atom. The summed E-state index contributed by atoms with van der Waals surface area (Å²) < 4.78 is 0. The molecular formula is C12H16. The Bertz CT molecular complexity index is 286. The summed E-state index contributed by atoms with van der Waals surface area (Å²) in [6, 6.07) is 6.72. The van der Waals surface area contributed by atoms with Crippen LogP contribution in [-0.4, -0.2) is 0 Å². The van der Waals surface area contributed by atoms with Crippen LogP contribution in [0.2, 0.25) is 0 Å². The topological polar surface area (TPSA) is 0 Å². The fourth-order valence-electron chi connectivity index (χ4n) is 2.27. The third-order valence-electron chi connectivity index (χ3n) is 3.04. The summed E-state index contributed by atoms with van der Waals surface area (Å²) in [6.45, 7) is 4.58. The van der Waals surface area contributed by atoms with Gasteiger partial charge in [0.25, 0.3) is 0 Å². The third kappa shape index (κ3) is 1.16. The molecule has 0 fully saturated rings. The lowest BCUT2D eigenvalue weighted by Crippen LogP contribution is -2.08. The van der Waals surface area contributed by atoms with Crippen LogP contribution in [0.3, 0.4) is 0 Å². The van der Waals surface area contributed by atoms with Crippen LogP contribution in [0, 0.1) is 6.92 Å². The van der Waals surface area contributed by atoms with Gasteiger partial charge in [-0.25, -0.2) is 0 Å². The molecule has 0 nitrogen and oxygen atoms in total. The molecule has 0 radical (unpaired) electrons. The minimum Gasteiger partial charge on any atom is -0.0617 e. The van der Waals surface area contributed by atoms with Gasteiger partial charge in [-0.05, 0) is 48.8 Å². The molecule has 0 heterocycles. The average Bonchev–Trinajstić information content (AvgIpc) is 2.07. The van der Waals surface area contributed by atoms with E-state index in [1.807, 2.05) is 0 Å². The standard InChI is InChI=1S/C12H16/c1-9-5-3-8-12-10(2)6-4-7-11(9)12/h3,5,8,10H,4,6-7H2,1-2H3. The summed E-state index contributed by atoms with van der Waals surface area (Å²) in [6.07, 6.45) is 4.04. The van der Waals surface area contributed by atoms with Crippen LogP contribution in [0.15, 0.2) is 18.2 Å². The highest BCUT2D eigenvalue weighted by atomic mass is 14.2. The van der Waals surface area contributed by atoms with Crippen LogP contribution in [0.25, 0.3) is 0 Å². The highest BCUT2D eigenvalue weighted by Gasteiger charge is 2.16. The molecule has 1 unspecified atom stereocenters. The number of aryl methyl sites for hydroxylation is 1. The molecule has 0 saturated heterocycles. The van der Waals surface area contributed by atoms with Crippen molar-refractivity contribution in [2.75, 3.05) is 0 Å². The van der Waals surface area contributed by atoms with E-state index in [2.05, 4.69) is 32.0 Å². The fourth-order valence-corrected chi connectivity index (χ4v) is 2.27. The molecule has 1 atom stereocenters. The second-order valence-electron chi connectivity index (χ2n) is 3.94. The molecule has 0 amide bonds. The average molecular weight is 160 g/mol. The fraction of sp³-hybridized carbons (Fsp3) is 0.500. The van der Waals surface area contributed by atoms with Gasteiger partial charge in [-0.3, -0.25) is 0 Å². The summed E-state index contributed by atoms with van der Waals surface area (Å²) in [4.78, 5) is 0. The normalized spacial score (nSPS) is 22.0. The van der Waals surface area contributed by atoms with Crippen LogP contribution in [0.4, 0.5) is 0 Å². The van der Waals surface area contributed by atoms with Crippen LogP contribution < -0.4 is 0 Å². The SMILES string of the molecule is Cc1cccc2c1CCCC2C. The van der Waals surface area contributed by atoms with Crippen molar-refractivity contribution in [3.63, 3.8) is 0 Å². The van der Waals surface area contributed by atoms with Crippen molar-refractivity contribution in [3.8, 4) is 0 Å². The molecule has 0 saturated carbocycles. The van der Waals surface area contributed by atoms with Crippen molar-refractivity contribution in [2.24, 2.45) is 0 Å². The van der Waals surface area contributed by atoms with E-state index in [1.165, 1.54) is 24.8 Å². The number of benzene rings is 1. The first-order chi connectivity index (χ1) is 5.79. The number of hydrogen-bond donors (Lipinski definition) is 0. The molecule has 0 spiro atoms. The van der Waals surface area contributed by atoms with Crippen molar-refractivity contribution >= 4 is 0 Å². The number of rotatable bonds is 0. The quantitative estimate of drug-likeness (QED) is 0.545. The molecule has 0 N–H and O–H groups in total. The van der Waals surface area contributed by atoms with Gasteiger partial charge in [-0.15, -0.1) is 0 Å². The smallest absolute Gasteiger partial charge is 0.0187 e. The first kappa shape index (κ1) is 7.85. The molecule has 1 aromatic carbocycles. The summed E-state index contributed by atoms with van der Waals surface area (Å²) in [5.74, 6) is 0.786. The van der Waals surface area contributed by atoms with Gasteiger partial charge in [0.2, 0.25) is 0 Å². The van der Waals surface area contributed by atoms with E-state index in [0.29, 0.717) is 0 Å². The molecule has 0 aromatic heterocycles. The molecule has 0 aliphatic heterocycles. The van der Waals surface area contributed by atoms with Gasteiger partial charge in [-0.2, -0.15) is 0 Å². The van der Waals surface area contributed by atoms with Crippen LogP contribution >= 0.6 is 0 Å². The van der Waals surface area contributed by atoms with E-state index >= 15 is 0 Å². The zero-order chi connectivity index (χ0) is 8.55. The number of fused-ring (bicyclic) bond motifs is 1. The van der Waals surface area contributed by atoms with Crippen molar-refractivity contribution in [3.05, 3.63) is 34.9 Å². The maximum absolute atomic E-state index is 2.34. The van der Waals surface area contributed by atoms with Crippen molar-refractivity contribution < 1.29 is 0 Å². The molecule has 1 aliphatic carbocycles. The molecule has 1 aromatic rings. The lowest BCUT2D eigenvalue weighted by Gasteiger charge is -2.23. The Morgan fingerprint density at radius 2 is 2.17 bits per heavy atom. The Morgan fingerprint density at radius 1 is 1.33 bits per heavy atom. The minimum absolute atomic E-state index is 0.786. The Balaban J connectivity index is 2.52. The number of hydrogen-bond acceptors (Lipinski definition) is 0. The van der Waals surface area contributed by atoms with E-state index in [4.69, 9.17) is 0 Å². The van der Waals surface area contributed by atoms with Crippen LogP contribution in [0.1, 0.15) is 42.4 Å². The van der Waals surface area contributed by atoms with Gasteiger partial charge >= 0.3 is 0 Å². The summed E-state index contributed by atoms with van der Waals surface area (Å²) in [7, 11) is 0. The predicted molar refractivity (Wildman–Crippen MR) is 52.5 cm³/mol. The highest BCUT2D eigenvalue weighted by Crippen LogP contribution is 2.32. The van der Waals surface area contributed by atoms with Crippen molar-refractivity contribution in [1.82, 2.24) is 0 Å². The van der Waals surface area contributed by atoms with Crippen molar-refractivity contribution in [1.29, 1.82) is 0 Å². The van der Waals surface area contributed by atoms with Crippen molar-refractivity contribution in [2.45, 2.75) is 39.0 Å². The Labute approximate surface area is 74.6 Å². The minimum atomic E-state index is 0.786. The highest BCUT2D eigenvalue weighted by molar-refractivity contribution is 5.38. The van der Waals surface area contributed by atoms with E-state index in [9.17, 15) is 0 Å². The summed E-state index contributed by atoms with van der Waals surface area (Å²) in [5, 5.41) is 0. The molecular weight excluding hydrogens is 144 g/mol. The van der Waals surface area contributed by atoms with E-state index in [1.54, 1.807) is 11.1 Å². The van der Waals surface area contributed by atoms with Crippen LogP contribution in [-0.2, 0) is 6.42 Å². The van der Waals surface area contributed by atoms with E-state index in [0.717, 1.165) is 5.92 Å². The lowest BCUT2D eigenvalue weighted by molar-refractivity contribution is 0.588. The maximum Gasteiger partial charge on any atom is -0.0187 e. The molecule has 12 heavy (non-hydrogen) atoms. The largest absolute Gasteiger partial charge is 0.0617 e. The second-order valence-corrected chi connectivity index (χ2v) is 3.94. The molecule has 2 rings (SSSR count). The first-order valence-corrected chi connectivity index (χ1v) is 4.87. The third-order valence-corrected chi connectivity index (χ3v) is 3.04. The molecule has 0 heteroatoms. The lowest BCUT2D eigenvalue weighted by atomic mass is 9.82. The van der Waals surface area contributed by atoms with Gasteiger partial charge in [0.1, 0.15) is 0 Å². The molecule has 64 valence electrons. The van der Waals surface area contributed by atoms with Gasteiger partial charge < -0.3 is 0 Å². The Kier molecular flexibility index (Phi) is 1.92. The van der Waals surface area contributed by atoms with Gasteiger partial charge in [-0.1, -0.05) is 25.1 Å². The second kappa shape index (κ2) is 2.93. The Hall–Kier alpha value is -0.780. The summed E-state index contributed by atoms with van der Waals surface area (Å²) in [5.41, 5.74) is 4.71. The van der Waals surface area contributed by atoms with Gasteiger partial charge in [0.05, 0.1) is 0 Å². The van der Waals surface area contributed by atoms with Crippen LogP contribution in [0.5, 0.6) is 0 Å².